The fraction of sp³-hybridized carbons (Fsp3) is 0.643. The zero-order valence-corrected chi connectivity index (χ0v) is 13.7. The van der Waals surface area contributed by atoms with Crippen molar-refractivity contribution in [1.29, 1.82) is 0 Å². The van der Waals surface area contributed by atoms with Gasteiger partial charge in [0.1, 0.15) is 0 Å². The lowest BCUT2D eigenvalue weighted by molar-refractivity contribution is -0.135. The van der Waals surface area contributed by atoms with Crippen molar-refractivity contribution >= 4 is 28.8 Å². The van der Waals surface area contributed by atoms with Gasteiger partial charge in [-0.2, -0.15) is 0 Å². The molecule has 112 valence electrons. The van der Waals surface area contributed by atoms with Crippen molar-refractivity contribution in [3.05, 3.63) is 21.3 Å². The second kappa shape index (κ2) is 6.89. The first-order valence-electron chi connectivity index (χ1n) is 6.80. The minimum atomic E-state index is 0.135. The average Bonchev–Trinajstić information content (AvgIpc) is 2.73. The Bertz CT molecular complexity index is 456. The lowest BCUT2D eigenvalue weighted by Crippen LogP contribution is -2.49. The van der Waals surface area contributed by atoms with E-state index in [1.807, 2.05) is 33.0 Å². The maximum Gasteiger partial charge on any atom is 0.236 e. The molecule has 1 aliphatic rings. The summed E-state index contributed by atoms with van der Waals surface area (Å²) in [5.41, 5.74) is 0. The number of thiophene rings is 1. The molecular formula is C14H21ClN2O2S. The minimum absolute atomic E-state index is 0.135. The molecule has 0 aromatic carbocycles. The third-order valence-corrected chi connectivity index (χ3v) is 4.52. The van der Waals surface area contributed by atoms with Crippen molar-refractivity contribution in [2.75, 3.05) is 26.7 Å². The fourth-order valence-corrected chi connectivity index (χ4v) is 3.63. The second-order valence-electron chi connectivity index (χ2n) is 5.41. The van der Waals surface area contributed by atoms with Crippen molar-refractivity contribution in [1.82, 2.24) is 9.80 Å². The number of amides is 1. The number of hydrogen-bond donors (Lipinski definition) is 0. The van der Waals surface area contributed by atoms with Gasteiger partial charge in [-0.15, -0.1) is 11.3 Å². The molecule has 2 unspecified atom stereocenters. The van der Waals surface area contributed by atoms with Gasteiger partial charge < -0.3 is 9.64 Å². The van der Waals surface area contributed by atoms with Crippen molar-refractivity contribution in [3.8, 4) is 0 Å². The van der Waals surface area contributed by atoms with Crippen LogP contribution in [0.3, 0.4) is 0 Å². The van der Waals surface area contributed by atoms with Crippen molar-refractivity contribution in [2.45, 2.75) is 32.6 Å². The van der Waals surface area contributed by atoms with Crippen molar-refractivity contribution in [2.24, 2.45) is 0 Å². The first kappa shape index (κ1) is 15.8. The van der Waals surface area contributed by atoms with Crippen LogP contribution in [0.1, 0.15) is 18.7 Å². The van der Waals surface area contributed by atoms with E-state index >= 15 is 0 Å². The monoisotopic (exact) mass is 316 g/mol. The number of hydrogen-bond acceptors (Lipinski definition) is 4. The highest BCUT2D eigenvalue weighted by atomic mass is 35.5. The van der Waals surface area contributed by atoms with Gasteiger partial charge in [0, 0.05) is 25.0 Å². The zero-order valence-electron chi connectivity index (χ0n) is 12.1. The number of rotatable bonds is 4. The summed E-state index contributed by atoms with van der Waals surface area (Å²) >= 11 is 7.42. The Morgan fingerprint density at radius 3 is 2.65 bits per heavy atom. The number of ether oxygens (including phenoxy) is 1. The van der Waals surface area contributed by atoms with E-state index in [4.69, 9.17) is 16.3 Å². The number of likely N-dealkylation sites (N-methyl/N-ethyl adjacent to an activating group) is 1. The molecule has 2 rings (SSSR count). The van der Waals surface area contributed by atoms with Crippen molar-refractivity contribution < 1.29 is 9.53 Å². The summed E-state index contributed by atoms with van der Waals surface area (Å²) in [7, 11) is 1.84. The van der Waals surface area contributed by atoms with Crippen LogP contribution in [0.4, 0.5) is 0 Å². The van der Waals surface area contributed by atoms with Gasteiger partial charge in [-0.05, 0) is 26.0 Å². The molecule has 0 bridgehead atoms. The van der Waals surface area contributed by atoms with Gasteiger partial charge in [0.05, 0.1) is 29.6 Å². The standard InChI is InChI=1S/C14H21ClN2O2S/c1-10-6-17(7-11(2)19-10)9-14(18)16(3)8-12-4-5-13(15)20-12/h4-5,10-11H,6-9H2,1-3H3. The molecular weight excluding hydrogens is 296 g/mol. The molecule has 0 radical (unpaired) electrons. The topological polar surface area (TPSA) is 32.8 Å². The molecule has 2 atom stereocenters. The Morgan fingerprint density at radius 2 is 2.10 bits per heavy atom. The van der Waals surface area contributed by atoms with Crippen LogP contribution in [0, 0.1) is 0 Å². The molecule has 1 aromatic heterocycles. The molecule has 0 N–H and O–H groups in total. The van der Waals surface area contributed by atoms with Crippen LogP contribution < -0.4 is 0 Å². The Balaban J connectivity index is 1.84. The van der Waals surface area contributed by atoms with Gasteiger partial charge in [-0.3, -0.25) is 9.69 Å². The Morgan fingerprint density at radius 1 is 1.45 bits per heavy atom. The normalized spacial score (nSPS) is 23.8. The zero-order chi connectivity index (χ0) is 14.7. The number of halogens is 1. The van der Waals surface area contributed by atoms with Crippen LogP contribution in [0.2, 0.25) is 4.34 Å². The summed E-state index contributed by atoms with van der Waals surface area (Å²) in [5, 5.41) is 0. The van der Waals surface area contributed by atoms with E-state index in [1.54, 1.807) is 4.90 Å². The maximum absolute atomic E-state index is 12.3. The first-order chi connectivity index (χ1) is 9.44. The van der Waals surface area contributed by atoms with Crippen LogP contribution >= 0.6 is 22.9 Å². The molecule has 1 saturated heterocycles. The summed E-state index contributed by atoms with van der Waals surface area (Å²) in [6.45, 7) is 6.79. The van der Waals surface area contributed by atoms with E-state index in [-0.39, 0.29) is 18.1 Å². The van der Waals surface area contributed by atoms with E-state index < -0.39 is 0 Å². The molecule has 0 aliphatic carbocycles. The van der Waals surface area contributed by atoms with E-state index in [1.165, 1.54) is 11.3 Å². The van der Waals surface area contributed by atoms with Gasteiger partial charge in [0.25, 0.3) is 0 Å². The predicted octanol–water partition coefficient (Wildman–Crippen LogP) is 2.47. The molecule has 1 amide bonds. The predicted molar refractivity (Wildman–Crippen MR) is 82.3 cm³/mol. The van der Waals surface area contributed by atoms with E-state index in [9.17, 15) is 4.79 Å². The maximum atomic E-state index is 12.3. The van der Waals surface area contributed by atoms with Gasteiger partial charge in [-0.1, -0.05) is 11.6 Å². The third-order valence-electron chi connectivity index (χ3n) is 3.30. The Hall–Kier alpha value is -0.620. The van der Waals surface area contributed by atoms with Crippen LogP contribution in [-0.2, 0) is 16.1 Å². The SMILES string of the molecule is CC1CN(CC(=O)N(C)Cc2ccc(Cl)s2)CC(C)O1. The minimum Gasteiger partial charge on any atom is -0.373 e. The second-order valence-corrected chi connectivity index (χ2v) is 7.21. The average molecular weight is 317 g/mol. The molecule has 6 heteroatoms. The summed E-state index contributed by atoms with van der Waals surface area (Å²) in [5.74, 6) is 0.135. The van der Waals surface area contributed by atoms with E-state index in [0.29, 0.717) is 13.1 Å². The quantitative estimate of drug-likeness (QED) is 0.855. The molecule has 1 fully saturated rings. The highest BCUT2D eigenvalue weighted by molar-refractivity contribution is 7.16. The number of morpholine rings is 1. The van der Waals surface area contributed by atoms with Crippen molar-refractivity contribution in [3.63, 3.8) is 0 Å². The molecule has 0 spiro atoms. The van der Waals surface area contributed by atoms with Crippen LogP contribution in [-0.4, -0.2) is 54.6 Å². The molecule has 4 nitrogen and oxygen atoms in total. The largest absolute Gasteiger partial charge is 0.373 e. The Labute approximate surface area is 129 Å². The molecule has 2 heterocycles. The number of nitrogens with zero attached hydrogens (tertiary/aromatic N) is 2. The number of carbonyl (C=O) groups excluding carboxylic acids is 1. The van der Waals surface area contributed by atoms with Crippen LogP contribution in [0.25, 0.3) is 0 Å². The molecule has 0 saturated carbocycles. The van der Waals surface area contributed by atoms with E-state index in [0.717, 1.165) is 22.3 Å². The summed E-state index contributed by atoms with van der Waals surface area (Å²) in [4.78, 5) is 17.3. The van der Waals surface area contributed by atoms with Gasteiger partial charge >= 0.3 is 0 Å². The first-order valence-corrected chi connectivity index (χ1v) is 7.99. The summed E-state index contributed by atoms with van der Waals surface area (Å²) < 4.78 is 6.44. The highest BCUT2D eigenvalue weighted by Crippen LogP contribution is 2.22. The van der Waals surface area contributed by atoms with Crippen LogP contribution in [0.15, 0.2) is 12.1 Å². The lowest BCUT2D eigenvalue weighted by Gasteiger charge is -2.35. The molecule has 20 heavy (non-hydrogen) atoms. The lowest BCUT2D eigenvalue weighted by atomic mass is 10.2. The van der Waals surface area contributed by atoms with E-state index in [2.05, 4.69) is 4.90 Å². The van der Waals surface area contributed by atoms with Crippen LogP contribution in [0.5, 0.6) is 0 Å². The van der Waals surface area contributed by atoms with Gasteiger partial charge in [0.15, 0.2) is 0 Å². The third kappa shape index (κ3) is 4.45. The smallest absolute Gasteiger partial charge is 0.236 e. The van der Waals surface area contributed by atoms with Gasteiger partial charge in [-0.25, -0.2) is 0 Å². The molecule has 1 aliphatic heterocycles. The molecule has 1 aromatic rings. The highest BCUT2D eigenvalue weighted by Gasteiger charge is 2.24. The summed E-state index contributed by atoms with van der Waals surface area (Å²) in [6.07, 6.45) is 0.376. The number of carbonyl (C=O) groups is 1. The summed E-state index contributed by atoms with van der Waals surface area (Å²) in [6, 6.07) is 3.83. The fourth-order valence-electron chi connectivity index (χ4n) is 2.48. The van der Waals surface area contributed by atoms with Gasteiger partial charge in [0.2, 0.25) is 5.91 Å². The Kier molecular flexibility index (Phi) is 5.43.